The zero-order valence-electron chi connectivity index (χ0n) is 5.34. The van der Waals surface area contributed by atoms with E-state index in [2.05, 4.69) is 20.9 Å². The Balaban J connectivity index is 2.90. The van der Waals surface area contributed by atoms with Gasteiger partial charge in [-0.25, -0.2) is 0 Å². The maximum atomic E-state index is 5.81. The molecule has 4 heteroatoms. The summed E-state index contributed by atoms with van der Waals surface area (Å²) in [5.41, 5.74) is 0.953. The van der Waals surface area contributed by atoms with Crippen LogP contribution in [-0.2, 0) is 0 Å². The molecule has 2 aromatic rings. The number of pyridine rings is 1. The van der Waals surface area contributed by atoms with Gasteiger partial charge in [-0.3, -0.25) is 4.98 Å². The van der Waals surface area contributed by atoms with Crippen LogP contribution in [0, 0.1) is 0 Å². The minimum absolute atomic E-state index is 0.777. The fourth-order valence-electron chi connectivity index (χ4n) is 0.878. The molecule has 0 aromatic carbocycles. The van der Waals surface area contributed by atoms with Gasteiger partial charge in [-0.15, -0.1) is 11.3 Å². The summed E-state index contributed by atoms with van der Waals surface area (Å²) in [5, 5.41) is 0. The summed E-state index contributed by atoms with van der Waals surface area (Å²) in [6.07, 6.45) is 1.76. The van der Waals surface area contributed by atoms with E-state index in [1.54, 1.807) is 6.20 Å². The van der Waals surface area contributed by atoms with Gasteiger partial charge in [0.05, 0.1) is 14.6 Å². The molecular formula is C7H3BrClNS. The van der Waals surface area contributed by atoms with E-state index in [0.29, 0.717) is 0 Å². The second kappa shape index (κ2) is 2.73. The molecule has 0 aliphatic heterocycles. The van der Waals surface area contributed by atoms with Crippen LogP contribution in [0.1, 0.15) is 0 Å². The number of thiophene rings is 1. The lowest BCUT2D eigenvalue weighted by Crippen LogP contribution is -1.70. The number of halogens is 2. The van der Waals surface area contributed by atoms with Gasteiger partial charge in [0.1, 0.15) is 0 Å². The van der Waals surface area contributed by atoms with Crippen LogP contribution in [-0.4, -0.2) is 4.98 Å². The Morgan fingerprint density at radius 3 is 3.09 bits per heavy atom. The van der Waals surface area contributed by atoms with E-state index in [1.165, 1.54) is 11.3 Å². The Morgan fingerprint density at radius 2 is 2.36 bits per heavy atom. The first-order valence-corrected chi connectivity index (χ1v) is 4.95. The summed E-state index contributed by atoms with van der Waals surface area (Å²) in [5.74, 6) is 0. The van der Waals surface area contributed by atoms with Gasteiger partial charge in [-0.2, -0.15) is 0 Å². The molecule has 0 unspecified atom stereocenters. The Kier molecular flexibility index (Phi) is 1.87. The molecule has 0 radical (unpaired) electrons. The molecule has 0 saturated carbocycles. The summed E-state index contributed by atoms with van der Waals surface area (Å²) >= 11 is 10.8. The lowest BCUT2D eigenvalue weighted by Gasteiger charge is -1.88. The van der Waals surface area contributed by atoms with Crippen LogP contribution < -0.4 is 0 Å². The highest BCUT2D eigenvalue weighted by atomic mass is 79.9. The van der Waals surface area contributed by atoms with Crippen molar-refractivity contribution >= 4 is 49.1 Å². The zero-order chi connectivity index (χ0) is 7.84. The maximum absolute atomic E-state index is 5.81. The van der Waals surface area contributed by atoms with Gasteiger partial charge in [0, 0.05) is 10.7 Å². The fraction of sp³-hybridized carbons (Fsp3) is 0. The number of rotatable bonds is 0. The van der Waals surface area contributed by atoms with Crippen LogP contribution in [0.15, 0.2) is 22.8 Å². The van der Waals surface area contributed by atoms with Gasteiger partial charge in [-0.05, 0) is 28.1 Å². The van der Waals surface area contributed by atoms with Crippen LogP contribution in [0.25, 0.3) is 10.2 Å². The predicted octanol–water partition coefficient (Wildman–Crippen LogP) is 3.71. The maximum Gasteiger partial charge on any atom is 0.0957 e. The summed E-state index contributed by atoms with van der Waals surface area (Å²) in [7, 11) is 0. The first-order chi connectivity index (χ1) is 5.27. The van der Waals surface area contributed by atoms with Gasteiger partial charge >= 0.3 is 0 Å². The highest BCUT2D eigenvalue weighted by Crippen LogP contribution is 2.32. The molecule has 1 nitrogen and oxygen atoms in total. The van der Waals surface area contributed by atoms with Crippen LogP contribution in [0.5, 0.6) is 0 Å². The second-order valence-corrected chi connectivity index (χ2v) is 4.60. The molecule has 0 aliphatic carbocycles. The second-order valence-electron chi connectivity index (χ2n) is 2.06. The molecule has 0 bridgehead atoms. The van der Waals surface area contributed by atoms with Crippen molar-refractivity contribution < 1.29 is 0 Å². The van der Waals surface area contributed by atoms with Crippen molar-refractivity contribution in [3.8, 4) is 0 Å². The Morgan fingerprint density at radius 1 is 1.55 bits per heavy atom. The highest BCUT2D eigenvalue weighted by Gasteiger charge is 2.02. The van der Waals surface area contributed by atoms with E-state index in [-0.39, 0.29) is 0 Å². The Bertz CT molecular complexity index is 398. The van der Waals surface area contributed by atoms with Crippen molar-refractivity contribution in [3.63, 3.8) is 0 Å². The number of aromatic nitrogens is 1. The summed E-state index contributed by atoms with van der Waals surface area (Å²) in [6, 6.07) is 3.78. The normalized spacial score (nSPS) is 10.7. The molecule has 0 saturated heterocycles. The molecule has 0 spiro atoms. The third-order valence-electron chi connectivity index (χ3n) is 1.33. The van der Waals surface area contributed by atoms with Gasteiger partial charge in [-0.1, -0.05) is 11.6 Å². The minimum Gasteiger partial charge on any atom is -0.255 e. The van der Waals surface area contributed by atoms with Crippen LogP contribution in [0.4, 0.5) is 0 Å². The molecule has 2 heterocycles. The standard InChI is InChI=1S/C7H3BrClNS/c8-4-1-2-10-5-3-6(9)11-7(4)5/h1-3H. The van der Waals surface area contributed by atoms with Crippen molar-refractivity contribution in [3.05, 3.63) is 27.1 Å². The van der Waals surface area contributed by atoms with Crippen LogP contribution >= 0.6 is 38.9 Å². The first-order valence-electron chi connectivity index (χ1n) is 2.97. The molecular weight excluding hydrogens is 246 g/mol. The number of fused-ring (bicyclic) bond motifs is 1. The van der Waals surface area contributed by atoms with E-state index >= 15 is 0 Å². The van der Waals surface area contributed by atoms with Crippen LogP contribution in [0.3, 0.4) is 0 Å². The van der Waals surface area contributed by atoms with Crippen molar-refractivity contribution in [2.45, 2.75) is 0 Å². The summed E-state index contributed by atoms with van der Waals surface area (Å²) < 4.78 is 2.94. The van der Waals surface area contributed by atoms with Crippen molar-refractivity contribution in [1.82, 2.24) is 4.98 Å². The molecule has 2 aromatic heterocycles. The van der Waals surface area contributed by atoms with Gasteiger partial charge in [0.25, 0.3) is 0 Å². The fourth-order valence-corrected chi connectivity index (χ4v) is 2.52. The molecule has 11 heavy (non-hydrogen) atoms. The molecule has 56 valence electrons. The van der Waals surface area contributed by atoms with Crippen molar-refractivity contribution in [2.75, 3.05) is 0 Å². The highest BCUT2D eigenvalue weighted by molar-refractivity contribution is 9.10. The number of hydrogen-bond acceptors (Lipinski definition) is 2. The molecule has 0 atom stereocenters. The average Bonchev–Trinajstić information content (AvgIpc) is 2.31. The van der Waals surface area contributed by atoms with Crippen molar-refractivity contribution in [1.29, 1.82) is 0 Å². The van der Waals surface area contributed by atoms with Gasteiger partial charge in [0.2, 0.25) is 0 Å². The zero-order valence-corrected chi connectivity index (χ0v) is 8.50. The van der Waals surface area contributed by atoms with E-state index in [4.69, 9.17) is 11.6 Å². The van der Waals surface area contributed by atoms with E-state index < -0.39 is 0 Å². The SMILES string of the molecule is Clc1cc2nccc(Br)c2s1. The third kappa shape index (κ3) is 1.28. The van der Waals surface area contributed by atoms with Gasteiger partial charge in [0.15, 0.2) is 0 Å². The molecule has 2 rings (SSSR count). The van der Waals surface area contributed by atoms with Crippen LogP contribution in [0.2, 0.25) is 4.34 Å². The van der Waals surface area contributed by atoms with E-state index in [9.17, 15) is 0 Å². The van der Waals surface area contributed by atoms with Crippen molar-refractivity contribution in [2.24, 2.45) is 0 Å². The molecule has 0 aliphatic rings. The number of nitrogens with zero attached hydrogens (tertiary/aromatic N) is 1. The number of hydrogen-bond donors (Lipinski definition) is 0. The first kappa shape index (κ1) is 7.53. The van der Waals surface area contributed by atoms with E-state index in [1.807, 2.05) is 12.1 Å². The summed E-state index contributed by atoms with van der Waals surface area (Å²) in [6.45, 7) is 0. The molecule has 0 fully saturated rings. The minimum atomic E-state index is 0.777. The quantitative estimate of drug-likeness (QED) is 0.692. The Labute approximate surface area is 81.1 Å². The lowest BCUT2D eigenvalue weighted by atomic mass is 10.4. The monoisotopic (exact) mass is 247 g/mol. The summed E-state index contributed by atoms with van der Waals surface area (Å²) in [4.78, 5) is 4.16. The molecule has 0 amide bonds. The topological polar surface area (TPSA) is 12.9 Å². The third-order valence-corrected chi connectivity index (χ3v) is 3.54. The van der Waals surface area contributed by atoms with E-state index in [0.717, 1.165) is 19.0 Å². The average molecular weight is 249 g/mol. The molecule has 0 N–H and O–H groups in total. The lowest BCUT2D eigenvalue weighted by molar-refractivity contribution is 1.42. The largest absolute Gasteiger partial charge is 0.255 e. The smallest absolute Gasteiger partial charge is 0.0957 e. The predicted molar refractivity (Wildman–Crippen MR) is 52.3 cm³/mol. The van der Waals surface area contributed by atoms with Gasteiger partial charge < -0.3 is 0 Å². The Hall–Kier alpha value is -0.120.